The van der Waals surface area contributed by atoms with E-state index in [1.807, 2.05) is 0 Å². The molecule has 0 saturated heterocycles. The predicted molar refractivity (Wildman–Crippen MR) is 63.6 cm³/mol. The number of carbonyl (C=O) groups excluding carboxylic acids is 1. The molecule has 0 spiro atoms. The number of carbonyl (C=O) groups is 1. The zero-order valence-electron chi connectivity index (χ0n) is 8.70. The molecule has 0 unspecified atom stereocenters. The van der Waals surface area contributed by atoms with Crippen LogP contribution in [0.5, 0.6) is 0 Å². The predicted octanol–water partition coefficient (Wildman–Crippen LogP) is 2.06. The maximum atomic E-state index is 13.2. The quantitative estimate of drug-likeness (QED) is 0.627. The highest BCUT2D eigenvalue weighted by atomic mass is 32.2. The number of rotatable bonds is 5. The van der Waals surface area contributed by atoms with Crippen LogP contribution in [0.4, 0.5) is 4.39 Å². The molecule has 1 N–H and O–H groups in total. The highest BCUT2D eigenvalue weighted by Gasteiger charge is 2.03. The van der Waals surface area contributed by atoms with E-state index < -0.39 is 0 Å². The third-order valence-corrected chi connectivity index (χ3v) is 2.86. The summed E-state index contributed by atoms with van der Waals surface area (Å²) in [4.78, 5) is 11.7. The maximum Gasteiger partial charge on any atom is 0.221 e. The molecule has 0 bridgehead atoms. The molecule has 0 fully saturated rings. The fraction of sp³-hybridized carbons (Fsp3) is 0.250. The molecule has 1 amide bonds. The van der Waals surface area contributed by atoms with Gasteiger partial charge < -0.3 is 5.32 Å². The van der Waals surface area contributed by atoms with Gasteiger partial charge in [-0.1, -0.05) is 18.1 Å². The first-order valence-electron chi connectivity index (χ1n) is 4.81. The molecule has 0 aromatic heterocycles. The third-order valence-electron chi connectivity index (χ3n) is 1.81. The SMILES string of the molecule is C#CCNC(=O)CCSc1ccccc1F. The first kappa shape index (κ1) is 12.6. The molecule has 0 radical (unpaired) electrons. The van der Waals surface area contributed by atoms with Gasteiger partial charge in [0.1, 0.15) is 5.82 Å². The molecule has 0 saturated carbocycles. The topological polar surface area (TPSA) is 29.1 Å². The largest absolute Gasteiger partial charge is 0.345 e. The number of nitrogens with one attached hydrogen (secondary N) is 1. The zero-order chi connectivity index (χ0) is 11.8. The Hall–Kier alpha value is -1.47. The molecule has 0 atom stereocenters. The van der Waals surface area contributed by atoms with E-state index in [1.165, 1.54) is 17.8 Å². The summed E-state index contributed by atoms with van der Waals surface area (Å²) in [6.07, 6.45) is 5.33. The molecule has 2 nitrogen and oxygen atoms in total. The van der Waals surface area contributed by atoms with Crippen molar-refractivity contribution in [1.29, 1.82) is 0 Å². The first-order valence-corrected chi connectivity index (χ1v) is 5.80. The number of thioether (sulfide) groups is 1. The number of hydrogen-bond donors (Lipinski definition) is 1. The lowest BCUT2D eigenvalue weighted by atomic mass is 10.3. The van der Waals surface area contributed by atoms with Crippen molar-refractivity contribution in [3.05, 3.63) is 30.1 Å². The summed E-state index contributed by atoms with van der Waals surface area (Å²) >= 11 is 1.32. The second-order valence-corrected chi connectivity index (χ2v) is 4.15. The molecule has 1 rings (SSSR count). The summed E-state index contributed by atoms with van der Waals surface area (Å²) in [6.45, 7) is 0.239. The van der Waals surface area contributed by atoms with Crippen LogP contribution in [0.15, 0.2) is 29.2 Å². The molecule has 0 aliphatic carbocycles. The summed E-state index contributed by atoms with van der Waals surface area (Å²) in [5, 5.41) is 2.55. The molecule has 1 aromatic carbocycles. The van der Waals surface area contributed by atoms with Crippen LogP contribution in [0.1, 0.15) is 6.42 Å². The van der Waals surface area contributed by atoms with Gasteiger partial charge in [0.15, 0.2) is 0 Å². The lowest BCUT2D eigenvalue weighted by Gasteiger charge is -2.03. The van der Waals surface area contributed by atoms with Gasteiger partial charge in [0, 0.05) is 17.1 Å². The van der Waals surface area contributed by atoms with E-state index in [1.54, 1.807) is 18.2 Å². The van der Waals surface area contributed by atoms with Crippen molar-refractivity contribution >= 4 is 17.7 Å². The summed E-state index contributed by atoms with van der Waals surface area (Å²) < 4.78 is 13.2. The van der Waals surface area contributed by atoms with E-state index in [2.05, 4.69) is 11.2 Å². The van der Waals surface area contributed by atoms with Gasteiger partial charge in [0.2, 0.25) is 5.91 Å². The van der Waals surface area contributed by atoms with E-state index >= 15 is 0 Å². The first-order chi connectivity index (χ1) is 7.74. The van der Waals surface area contributed by atoms with E-state index in [-0.39, 0.29) is 18.3 Å². The van der Waals surface area contributed by atoms with Crippen molar-refractivity contribution in [2.75, 3.05) is 12.3 Å². The van der Waals surface area contributed by atoms with Crippen molar-refractivity contribution in [3.63, 3.8) is 0 Å². The van der Waals surface area contributed by atoms with E-state index in [9.17, 15) is 9.18 Å². The van der Waals surface area contributed by atoms with E-state index in [0.29, 0.717) is 17.1 Å². The third kappa shape index (κ3) is 4.37. The summed E-state index contributed by atoms with van der Waals surface area (Å²) in [5.41, 5.74) is 0. The molecule has 84 valence electrons. The molecule has 0 aliphatic rings. The van der Waals surface area contributed by atoms with Gasteiger partial charge in [0.05, 0.1) is 6.54 Å². The summed E-state index contributed by atoms with van der Waals surface area (Å²) in [6, 6.07) is 6.50. The summed E-state index contributed by atoms with van der Waals surface area (Å²) in [7, 11) is 0. The van der Waals surface area contributed by atoms with Crippen molar-refractivity contribution in [2.24, 2.45) is 0 Å². The number of benzene rings is 1. The Bertz CT molecular complexity index is 400. The monoisotopic (exact) mass is 237 g/mol. The van der Waals surface area contributed by atoms with Gasteiger partial charge >= 0.3 is 0 Å². The minimum absolute atomic E-state index is 0.109. The number of halogens is 1. The molecule has 0 aliphatic heterocycles. The lowest BCUT2D eigenvalue weighted by Crippen LogP contribution is -2.23. The number of terminal acetylenes is 1. The Morgan fingerprint density at radius 1 is 1.50 bits per heavy atom. The van der Waals surface area contributed by atoms with Gasteiger partial charge in [-0.3, -0.25) is 4.79 Å². The maximum absolute atomic E-state index is 13.2. The Morgan fingerprint density at radius 3 is 2.94 bits per heavy atom. The second-order valence-electron chi connectivity index (χ2n) is 3.01. The van der Waals surface area contributed by atoms with Crippen LogP contribution in [0, 0.1) is 18.2 Å². The lowest BCUT2D eigenvalue weighted by molar-refractivity contribution is -0.120. The number of hydrogen-bond acceptors (Lipinski definition) is 2. The Kier molecular flexibility index (Phi) is 5.44. The highest BCUT2D eigenvalue weighted by molar-refractivity contribution is 7.99. The molecule has 0 heterocycles. The normalized spacial score (nSPS) is 9.50. The standard InChI is InChI=1S/C12H12FNOS/c1-2-8-14-12(15)7-9-16-11-6-4-3-5-10(11)13/h1,3-6H,7-9H2,(H,14,15). The van der Waals surface area contributed by atoms with Crippen LogP contribution in [0.3, 0.4) is 0 Å². The molecular weight excluding hydrogens is 225 g/mol. The average Bonchev–Trinajstić information content (AvgIpc) is 2.29. The van der Waals surface area contributed by atoms with Gasteiger partial charge in [-0.25, -0.2) is 4.39 Å². The van der Waals surface area contributed by atoms with Crippen molar-refractivity contribution in [2.45, 2.75) is 11.3 Å². The minimum Gasteiger partial charge on any atom is -0.345 e. The van der Waals surface area contributed by atoms with Gasteiger partial charge in [0.25, 0.3) is 0 Å². The highest BCUT2D eigenvalue weighted by Crippen LogP contribution is 2.21. The zero-order valence-corrected chi connectivity index (χ0v) is 9.52. The van der Waals surface area contributed by atoms with Crippen LogP contribution < -0.4 is 5.32 Å². The van der Waals surface area contributed by atoms with Crippen LogP contribution in [-0.4, -0.2) is 18.2 Å². The Balaban J connectivity index is 2.29. The Morgan fingerprint density at radius 2 is 2.25 bits per heavy atom. The Labute approximate surface area is 98.6 Å². The average molecular weight is 237 g/mol. The number of amides is 1. The van der Waals surface area contributed by atoms with Gasteiger partial charge in [-0.2, -0.15) is 0 Å². The smallest absolute Gasteiger partial charge is 0.221 e. The van der Waals surface area contributed by atoms with Crippen molar-refractivity contribution < 1.29 is 9.18 Å². The fourth-order valence-corrected chi connectivity index (χ4v) is 1.94. The van der Waals surface area contributed by atoms with Crippen molar-refractivity contribution in [1.82, 2.24) is 5.32 Å². The van der Waals surface area contributed by atoms with Crippen LogP contribution in [0.2, 0.25) is 0 Å². The van der Waals surface area contributed by atoms with E-state index in [0.717, 1.165) is 0 Å². The van der Waals surface area contributed by atoms with Crippen LogP contribution >= 0.6 is 11.8 Å². The molecule has 16 heavy (non-hydrogen) atoms. The summed E-state index contributed by atoms with van der Waals surface area (Å²) in [5.74, 6) is 2.49. The molecule has 1 aromatic rings. The van der Waals surface area contributed by atoms with E-state index in [4.69, 9.17) is 6.42 Å². The van der Waals surface area contributed by atoms with Crippen LogP contribution in [0.25, 0.3) is 0 Å². The van der Waals surface area contributed by atoms with Gasteiger partial charge in [-0.05, 0) is 12.1 Å². The molecule has 4 heteroatoms. The van der Waals surface area contributed by atoms with Gasteiger partial charge in [-0.15, -0.1) is 18.2 Å². The second kappa shape index (κ2) is 6.91. The molecular formula is C12H12FNOS. The minimum atomic E-state index is -0.253. The fourth-order valence-electron chi connectivity index (χ4n) is 1.05. The van der Waals surface area contributed by atoms with Crippen LogP contribution in [-0.2, 0) is 4.79 Å². The van der Waals surface area contributed by atoms with Crippen molar-refractivity contribution in [3.8, 4) is 12.3 Å².